The Labute approximate surface area is 78.6 Å². The van der Waals surface area contributed by atoms with Crippen molar-refractivity contribution >= 4 is 0 Å². The van der Waals surface area contributed by atoms with Crippen molar-refractivity contribution in [1.29, 1.82) is 0 Å². The number of ether oxygens (including phenoxy) is 1. The van der Waals surface area contributed by atoms with E-state index < -0.39 is 24.5 Å². The molecule has 0 aromatic heterocycles. The van der Waals surface area contributed by atoms with Gasteiger partial charge in [0.1, 0.15) is 18.7 Å². The fourth-order valence-electron chi connectivity index (χ4n) is 1.39. The molecule has 14 heavy (non-hydrogen) atoms. The third-order valence-corrected chi connectivity index (χ3v) is 2.13. The molecule has 8 nitrogen and oxygen atoms in total. The molecule has 0 bridgehead atoms. The standard InChI is InChI=1S/C6H9N3O5/c10-3-6(9-13)1-4(8-12)5(14-6)2-7-11/h4-5,10H,1-3H2/t4-,5?,6?/m0/s1. The van der Waals surface area contributed by atoms with Crippen LogP contribution < -0.4 is 0 Å². The van der Waals surface area contributed by atoms with Crippen molar-refractivity contribution in [3.63, 3.8) is 0 Å². The van der Waals surface area contributed by atoms with Gasteiger partial charge in [0.05, 0.1) is 6.61 Å². The highest BCUT2D eigenvalue weighted by molar-refractivity contribution is 4.96. The predicted octanol–water partition coefficient (Wildman–Crippen LogP) is 0.132. The molecule has 3 atom stereocenters. The molecule has 1 aliphatic heterocycles. The number of nitroso groups, excluding NO2 is 3. The first kappa shape index (κ1) is 10.8. The average Bonchev–Trinajstić information content (AvgIpc) is 2.58. The average molecular weight is 203 g/mol. The zero-order chi connectivity index (χ0) is 10.6. The lowest BCUT2D eigenvalue weighted by molar-refractivity contribution is -0.0656. The normalized spacial score (nSPS) is 36.6. The van der Waals surface area contributed by atoms with Crippen LogP contribution in [-0.2, 0) is 4.74 Å². The second kappa shape index (κ2) is 4.29. The minimum atomic E-state index is -1.64. The van der Waals surface area contributed by atoms with Crippen molar-refractivity contribution < 1.29 is 9.84 Å². The smallest absolute Gasteiger partial charge is 0.225 e. The summed E-state index contributed by atoms with van der Waals surface area (Å²) in [5, 5.41) is 16.7. The lowest BCUT2D eigenvalue weighted by Gasteiger charge is -2.16. The zero-order valence-electron chi connectivity index (χ0n) is 7.20. The lowest BCUT2D eigenvalue weighted by Crippen LogP contribution is -2.31. The van der Waals surface area contributed by atoms with Crippen LogP contribution in [0.1, 0.15) is 6.42 Å². The van der Waals surface area contributed by atoms with E-state index >= 15 is 0 Å². The first-order valence-electron chi connectivity index (χ1n) is 3.96. The van der Waals surface area contributed by atoms with Crippen LogP contribution in [-0.4, -0.2) is 36.1 Å². The Bertz CT molecular complexity index is 248. The SMILES string of the molecule is O=NCC1OC(CO)(N=O)C[C@@H]1N=O. The monoisotopic (exact) mass is 203 g/mol. The van der Waals surface area contributed by atoms with Gasteiger partial charge in [-0.15, -0.1) is 4.91 Å². The van der Waals surface area contributed by atoms with Crippen LogP contribution in [0.15, 0.2) is 15.5 Å². The number of nitrogens with zero attached hydrogens (tertiary/aromatic N) is 3. The van der Waals surface area contributed by atoms with Gasteiger partial charge in [0.25, 0.3) is 0 Å². The molecule has 2 unspecified atom stereocenters. The number of aliphatic hydroxyl groups is 1. The van der Waals surface area contributed by atoms with Crippen molar-refractivity contribution in [3.8, 4) is 0 Å². The maximum Gasteiger partial charge on any atom is 0.225 e. The molecule has 1 aliphatic rings. The van der Waals surface area contributed by atoms with Gasteiger partial charge in [-0.1, -0.05) is 10.4 Å². The highest BCUT2D eigenvalue weighted by Gasteiger charge is 2.49. The third-order valence-electron chi connectivity index (χ3n) is 2.13. The summed E-state index contributed by atoms with van der Waals surface area (Å²) in [6.45, 7) is -0.925. The number of hydrogen-bond donors (Lipinski definition) is 1. The molecule has 1 heterocycles. The molecule has 78 valence electrons. The maximum absolute atomic E-state index is 10.4. The predicted molar refractivity (Wildman–Crippen MR) is 45.3 cm³/mol. The number of aliphatic hydroxyl groups excluding tert-OH is 1. The van der Waals surface area contributed by atoms with Crippen LogP contribution in [0, 0.1) is 14.7 Å². The summed E-state index contributed by atoms with van der Waals surface area (Å²) < 4.78 is 4.97. The topological polar surface area (TPSA) is 118 Å². The van der Waals surface area contributed by atoms with Gasteiger partial charge in [-0.3, -0.25) is 0 Å². The minimum Gasteiger partial charge on any atom is -0.391 e. The van der Waals surface area contributed by atoms with E-state index in [1.54, 1.807) is 0 Å². The second-order valence-corrected chi connectivity index (χ2v) is 3.04. The van der Waals surface area contributed by atoms with E-state index in [9.17, 15) is 14.7 Å². The van der Waals surface area contributed by atoms with Gasteiger partial charge < -0.3 is 9.84 Å². The van der Waals surface area contributed by atoms with E-state index in [0.29, 0.717) is 0 Å². The van der Waals surface area contributed by atoms with Crippen molar-refractivity contribution in [3.05, 3.63) is 14.7 Å². The van der Waals surface area contributed by atoms with Crippen LogP contribution in [0.2, 0.25) is 0 Å². The van der Waals surface area contributed by atoms with Crippen LogP contribution in [0.25, 0.3) is 0 Å². The van der Waals surface area contributed by atoms with Gasteiger partial charge in [0.2, 0.25) is 5.72 Å². The van der Waals surface area contributed by atoms with Gasteiger partial charge in [-0.05, 0) is 5.18 Å². The number of rotatable bonds is 5. The Hall–Kier alpha value is -1.28. The highest BCUT2D eigenvalue weighted by atomic mass is 16.6. The van der Waals surface area contributed by atoms with Crippen molar-refractivity contribution in [2.45, 2.75) is 24.3 Å². The van der Waals surface area contributed by atoms with Gasteiger partial charge >= 0.3 is 0 Å². The van der Waals surface area contributed by atoms with E-state index in [4.69, 9.17) is 9.84 Å². The van der Waals surface area contributed by atoms with Crippen molar-refractivity contribution in [2.75, 3.05) is 13.2 Å². The first-order chi connectivity index (χ1) is 6.71. The van der Waals surface area contributed by atoms with E-state index in [2.05, 4.69) is 15.5 Å². The Balaban J connectivity index is 2.76. The van der Waals surface area contributed by atoms with Gasteiger partial charge in [0, 0.05) is 6.42 Å². The summed E-state index contributed by atoms with van der Waals surface area (Å²) in [4.78, 5) is 30.7. The Morgan fingerprint density at radius 2 is 2.14 bits per heavy atom. The molecule has 1 saturated heterocycles. The van der Waals surface area contributed by atoms with Crippen molar-refractivity contribution in [1.82, 2.24) is 0 Å². The van der Waals surface area contributed by atoms with Crippen LogP contribution in [0.5, 0.6) is 0 Å². The Morgan fingerprint density at radius 1 is 1.43 bits per heavy atom. The van der Waals surface area contributed by atoms with Crippen LogP contribution in [0.4, 0.5) is 0 Å². The summed E-state index contributed by atoms with van der Waals surface area (Å²) in [6.07, 6.45) is -0.980. The molecule has 1 fully saturated rings. The fraction of sp³-hybridized carbons (Fsp3) is 1.00. The van der Waals surface area contributed by atoms with Crippen molar-refractivity contribution in [2.24, 2.45) is 15.5 Å². The highest BCUT2D eigenvalue weighted by Crippen LogP contribution is 2.33. The van der Waals surface area contributed by atoms with Crippen LogP contribution >= 0.6 is 0 Å². The van der Waals surface area contributed by atoms with E-state index in [-0.39, 0.29) is 13.0 Å². The summed E-state index contributed by atoms with van der Waals surface area (Å²) in [5.41, 5.74) is -1.64. The second-order valence-electron chi connectivity index (χ2n) is 3.04. The molecule has 0 radical (unpaired) electrons. The zero-order valence-corrected chi connectivity index (χ0v) is 7.20. The Kier molecular flexibility index (Phi) is 3.31. The molecule has 0 spiro atoms. The maximum atomic E-state index is 10.4. The number of hydrogen-bond acceptors (Lipinski definition) is 8. The fourth-order valence-corrected chi connectivity index (χ4v) is 1.39. The first-order valence-corrected chi connectivity index (χ1v) is 3.96. The molecule has 0 saturated carbocycles. The summed E-state index contributed by atoms with van der Waals surface area (Å²) in [7, 11) is 0. The largest absolute Gasteiger partial charge is 0.391 e. The lowest BCUT2D eigenvalue weighted by atomic mass is 10.1. The molecule has 1 N–H and O–H groups in total. The molecule has 1 rings (SSSR count). The molecular weight excluding hydrogens is 194 g/mol. The molecule has 0 aromatic carbocycles. The Morgan fingerprint density at radius 3 is 2.57 bits per heavy atom. The summed E-state index contributed by atoms with van der Waals surface area (Å²) in [5.74, 6) is 0. The molecule has 0 amide bonds. The molecule has 8 heteroatoms. The minimum absolute atomic E-state index is 0.114. The van der Waals surface area contributed by atoms with Gasteiger partial charge in [-0.2, -0.15) is 9.81 Å². The van der Waals surface area contributed by atoms with Gasteiger partial charge in [-0.25, -0.2) is 0 Å². The van der Waals surface area contributed by atoms with E-state index in [1.807, 2.05) is 0 Å². The summed E-state index contributed by atoms with van der Waals surface area (Å²) >= 11 is 0. The van der Waals surface area contributed by atoms with Gasteiger partial charge in [0.15, 0.2) is 0 Å². The molecular formula is C6H9N3O5. The third kappa shape index (κ3) is 1.80. The molecule has 0 aliphatic carbocycles. The quantitative estimate of drug-likeness (QED) is 0.637. The van der Waals surface area contributed by atoms with E-state index in [1.165, 1.54) is 0 Å². The summed E-state index contributed by atoms with van der Waals surface area (Å²) in [6, 6.07) is -0.863. The van der Waals surface area contributed by atoms with Crippen LogP contribution in [0.3, 0.4) is 0 Å². The van der Waals surface area contributed by atoms with E-state index in [0.717, 1.165) is 0 Å². The molecule has 0 aromatic rings.